The lowest BCUT2D eigenvalue weighted by Gasteiger charge is -2.05. The molecule has 0 aliphatic carbocycles. The minimum atomic E-state index is -1.08. The summed E-state index contributed by atoms with van der Waals surface area (Å²) in [5.74, 6) is -1.41. The first kappa shape index (κ1) is 13.7. The molecule has 108 valence electrons. The van der Waals surface area contributed by atoms with Gasteiger partial charge in [-0.25, -0.2) is 14.2 Å². The maximum Gasteiger partial charge on any atom is 0.356 e. The van der Waals surface area contributed by atoms with E-state index in [2.05, 4.69) is 10.1 Å². The molecule has 2 aromatic heterocycles. The molecule has 0 unspecified atom stereocenters. The van der Waals surface area contributed by atoms with Crippen molar-refractivity contribution < 1.29 is 14.3 Å². The Morgan fingerprint density at radius 2 is 2.14 bits per heavy atom. The van der Waals surface area contributed by atoms with Crippen LogP contribution in [-0.2, 0) is 6.54 Å². The first-order chi connectivity index (χ1) is 9.94. The third-order valence-electron chi connectivity index (χ3n) is 3.17. The Labute approximate surface area is 123 Å². The summed E-state index contributed by atoms with van der Waals surface area (Å²) < 4.78 is 16.0. The van der Waals surface area contributed by atoms with E-state index in [0.29, 0.717) is 11.3 Å². The molecule has 0 aliphatic rings. The number of thiazole rings is 1. The van der Waals surface area contributed by atoms with E-state index in [1.54, 1.807) is 11.6 Å². The smallest absolute Gasteiger partial charge is 0.356 e. The highest BCUT2D eigenvalue weighted by Gasteiger charge is 2.14. The Morgan fingerprint density at radius 1 is 1.38 bits per heavy atom. The SMILES string of the molecule is Cc1nc2c(Cn3nc(C(=O)O)cc3C)cc(F)cc2s1. The Morgan fingerprint density at radius 3 is 2.81 bits per heavy atom. The zero-order valence-electron chi connectivity index (χ0n) is 11.4. The molecule has 0 aliphatic heterocycles. The van der Waals surface area contributed by atoms with Crippen LogP contribution in [-0.4, -0.2) is 25.8 Å². The number of halogens is 1. The topological polar surface area (TPSA) is 68.0 Å². The maximum atomic E-state index is 13.7. The van der Waals surface area contributed by atoms with Gasteiger partial charge in [0, 0.05) is 11.3 Å². The fourth-order valence-corrected chi connectivity index (χ4v) is 3.13. The van der Waals surface area contributed by atoms with E-state index in [1.807, 2.05) is 6.92 Å². The summed E-state index contributed by atoms with van der Waals surface area (Å²) >= 11 is 1.43. The summed E-state index contributed by atoms with van der Waals surface area (Å²) in [4.78, 5) is 15.4. The molecule has 2 heterocycles. The number of hydrogen-bond acceptors (Lipinski definition) is 4. The second-order valence-corrected chi connectivity index (χ2v) is 6.01. The van der Waals surface area contributed by atoms with Crippen LogP contribution >= 0.6 is 11.3 Å². The molecular weight excluding hydrogens is 293 g/mol. The zero-order valence-corrected chi connectivity index (χ0v) is 12.2. The van der Waals surface area contributed by atoms with Gasteiger partial charge >= 0.3 is 5.97 Å². The number of fused-ring (bicyclic) bond motifs is 1. The molecule has 0 saturated heterocycles. The highest BCUT2D eigenvalue weighted by Crippen LogP contribution is 2.26. The number of carboxylic acids is 1. The fourth-order valence-electron chi connectivity index (χ4n) is 2.23. The van der Waals surface area contributed by atoms with Crippen LogP contribution in [0.1, 0.15) is 26.8 Å². The van der Waals surface area contributed by atoms with Crippen LogP contribution in [0.5, 0.6) is 0 Å². The van der Waals surface area contributed by atoms with Crippen molar-refractivity contribution in [3.63, 3.8) is 0 Å². The minimum absolute atomic E-state index is 0.0189. The van der Waals surface area contributed by atoms with Crippen molar-refractivity contribution in [2.75, 3.05) is 0 Å². The van der Waals surface area contributed by atoms with Gasteiger partial charge in [0.15, 0.2) is 5.69 Å². The van der Waals surface area contributed by atoms with Crippen LogP contribution in [0.25, 0.3) is 10.2 Å². The molecule has 21 heavy (non-hydrogen) atoms. The second-order valence-electron chi connectivity index (χ2n) is 4.78. The fraction of sp³-hybridized carbons (Fsp3) is 0.214. The van der Waals surface area contributed by atoms with Gasteiger partial charge in [-0.05, 0) is 32.0 Å². The largest absolute Gasteiger partial charge is 0.476 e. The van der Waals surface area contributed by atoms with Gasteiger partial charge in [-0.15, -0.1) is 11.3 Å². The molecule has 0 spiro atoms. The predicted molar refractivity (Wildman–Crippen MR) is 77.3 cm³/mol. The lowest BCUT2D eigenvalue weighted by molar-refractivity contribution is 0.0689. The lowest BCUT2D eigenvalue weighted by atomic mass is 10.2. The Kier molecular flexibility index (Phi) is 3.21. The number of aromatic carboxylic acids is 1. The molecule has 1 aromatic carbocycles. The number of carboxylic acid groups (broad SMARTS) is 1. The van der Waals surface area contributed by atoms with E-state index in [9.17, 15) is 9.18 Å². The van der Waals surface area contributed by atoms with E-state index < -0.39 is 5.97 Å². The first-order valence-electron chi connectivity index (χ1n) is 6.27. The molecule has 1 N–H and O–H groups in total. The van der Waals surface area contributed by atoms with Crippen LogP contribution in [0.4, 0.5) is 4.39 Å². The van der Waals surface area contributed by atoms with E-state index >= 15 is 0 Å². The van der Waals surface area contributed by atoms with Gasteiger partial charge in [-0.3, -0.25) is 4.68 Å². The number of benzene rings is 1. The minimum Gasteiger partial charge on any atom is -0.476 e. The van der Waals surface area contributed by atoms with Gasteiger partial charge in [-0.1, -0.05) is 0 Å². The standard InChI is InChI=1S/C14H12FN3O2S/c1-7-3-11(14(19)20)17-18(7)6-9-4-10(15)5-12-13(9)16-8(2)21-12/h3-5H,6H2,1-2H3,(H,19,20). The van der Waals surface area contributed by atoms with Crippen molar-refractivity contribution in [1.82, 2.24) is 14.8 Å². The third-order valence-corrected chi connectivity index (χ3v) is 4.08. The lowest BCUT2D eigenvalue weighted by Crippen LogP contribution is -2.06. The van der Waals surface area contributed by atoms with Crippen LogP contribution in [0, 0.1) is 19.7 Å². The molecule has 3 rings (SSSR count). The summed E-state index contributed by atoms with van der Waals surface area (Å²) in [5, 5.41) is 13.8. The van der Waals surface area contributed by atoms with Crippen LogP contribution in [0.15, 0.2) is 18.2 Å². The molecular formula is C14H12FN3O2S. The van der Waals surface area contributed by atoms with Crippen molar-refractivity contribution in [2.45, 2.75) is 20.4 Å². The number of nitrogens with zero attached hydrogens (tertiary/aromatic N) is 3. The number of aromatic nitrogens is 3. The summed E-state index contributed by atoms with van der Waals surface area (Å²) in [5.41, 5.74) is 2.12. The number of hydrogen-bond donors (Lipinski definition) is 1. The summed E-state index contributed by atoms with van der Waals surface area (Å²) in [6, 6.07) is 4.37. The quantitative estimate of drug-likeness (QED) is 0.807. The Bertz CT molecular complexity index is 853. The molecule has 3 aromatic rings. The van der Waals surface area contributed by atoms with Crippen molar-refractivity contribution in [3.8, 4) is 0 Å². The van der Waals surface area contributed by atoms with Crippen LogP contribution in [0.3, 0.4) is 0 Å². The molecule has 0 atom stereocenters. The number of carbonyl (C=O) groups is 1. The van der Waals surface area contributed by atoms with E-state index in [4.69, 9.17) is 5.11 Å². The highest BCUT2D eigenvalue weighted by molar-refractivity contribution is 7.18. The molecule has 0 saturated carbocycles. The van der Waals surface area contributed by atoms with Crippen molar-refractivity contribution in [2.24, 2.45) is 0 Å². The molecule has 5 nitrogen and oxygen atoms in total. The zero-order chi connectivity index (χ0) is 15.1. The van der Waals surface area contributed by atoms with Crippen molar-refractivity contribution >= 4 is 27.5 Å². The average molecular weight is 305 g/mol. The van der Waals surface area contributed by atoms with Gasteiger partial charge in [0.1, 0.15) is 5.82 Å². The van der Waals surface area contributed by atoms with Gasteiger partial charge in [0.05, 0.1) is 21.8 Å². The molecule has 0 radical (unpaired) electrons. The van der Waals surface area contributed by atoms with Crippen molar-refractivity contribution in [1.29, 1.82) is 0 Å². The van der Waals surface area contributed by atoms with Crippen LogP contribution < -0.4 is 0 Å². The Hall–Kier alpha value is -2.28. The summed E-state index contributed by atoms with van der Waals surface area (Å²) in [6.45, 7) is 3.92. The number of rotatable bonds is 3. The van der Waals surface area contributed by atoms with Gasteiger partial charge in [0.25, 0.3) is 0 Å². The summed E-state index contributed by atoms with van der Waals surface area (Å²) in [6.07, 6.45) is 0. The van der Waals surface area contributed by atoms with E-state index in [-0.39, 0.29) is 18.1 Å². The van der Waals surface area contributed by atoms with Gasteiger partial charge in [0.2, 0.25) is 0 Å². The third kappa shape index (κ3) is 2.52. The number of aryl methyl sites for hydroxylation is 2. The predicted octanol–water partition coefficient (Wildman–Crippen LogP) is 3.00. The molecule has 0 fully saturated rings. The molecule has 0 amide bonds. The average Bonchev–Trinajstić information content (AvgIpc) is 2.93. The normalized spacial score (nSPS) is 11.2. The maximum absolute atomic E-state index is 13.7. The first-order valence-corrected chi connectivity index (χ1v) is 7.09. The molecule has 0 bridgehead atoms. The van der Waals surface area contributed by atoms with E-state index in [1.165, 1.54) is 29.5 Å². The Balaban J connectivity index is 2.07. The molecule has 7 heteroatoms. The van der Waals surface area contributed by atoms with Crippen molar-refractivity contribution in [3.05, 3.63) is 46.0 Å². The highest BCUT2D eigenvalue weighted by atomic mass is 32.1. The second kappa shape index (κ2) is 4.92. The van der Waals surface area contributed by atoms with Crippen LogP contribution in [0.2, 0.25) is 0 Å². The summed E-state index contributed by atoms with van der Waals surface area (Å²) in [7, 11) is 0. The van der Waals surface area contributed by atoms with Gasteiger partial charge < -0.3 is 5.11 Å². The van der Waals surface area contributed by atoms with Gasteiger partial charge in [-0.2, -0.15) is 5.10 Å². The monoisotopic (exact) mass is 305 g/mol. The van der Waals surface area contributed by atoms with E-state index in [0.717, 1.165) is 15.2 Å².